The van der Waals surface area contributed by atoms with Gasteiger partial charge in [-0.2, -0.15) is 9.41 Å². The van der Waals surface area contributed by atoms with Crippen molar-refractivity contribution in [3.05, 3.63) is 17.5 Å². The first-order valence-corrected chi connectivity index (χ1v) is 10.8. The fourth-order valence-electron chi connectivity index (χ4n) is 4.11. The lowest BCUT2D eigenvalue weighted by atomic mass is 9.70. The molecule has 8 heteroatoms. The second-order valence-corrected chi connectivity index (χ2v) is 11.0. The molecule has 1 N–H and O–H groups in total. The zero-order chi connectivity index (χ0) is 18.5. The third-order valence-corrected chi connectivity index (χ3v) is 9.53. The van der Waals surface area contributed by atoms with Crippen LogP contribution in [0.2, 0.25) is 0 Å². The van der Waals surface area contributed by atoms with Crippen molar-refractivity contribution in [2.24, 2.45) is 21.8 Å². The molecular weight excluding hydrogens is 358 g/mol. The van der Waals surface area contributed by atoms with Gasteiger partial charge in [-0.25, -0.2) is 13.8 Å². The van der Waals surface area contributed by atoms with E-state index >= 15 is 0 Å². The highest BCUT2D eigenvalue weighted by atomic mass is 32.2. The largest absolute Gasteiger partial charge is 0.272 e. The van der Waals surface area contributed by atoms with E-state index < -0.39 is 15.9 Å². The topological polar surface area (TPSA) is 78.8 Å². The molecule has 0 spiro atoms. The van der Waals surface area contributed by atoms with Gasteiger partial charge < -0.3 is 0 Å². The Hall–Kier alpha value is -1.25. The monoisotopic (exact) mass is 383 g/mol. The maximum absolute atomic E-state index is 12.4. The summed E-state index contributed by atoms with van der Waals surface area (Å²) in [5, 5.41) is 6.07. The van der Waals surface area contributed by atoms with Crippen molar-refractivity contribution in [3.63, 3.8) is 0 Å². The molecule has 0 aliphatic heterocycles. The van der Waals surface area contributed by atoms with Gasteiger partial charge >= 0.3 is 0 Å². The Morgan fingerprint density at radius 1 is 1.44 bits per heavy atom. The standard InChI is InChI=1S/C17H25N3O3S2/c1-16(2)12-7-8-17(16,3)13(10-12)18-19-14(21)11-20(4)25(22,23)15-6-5-9-24-15/h5-6,9,12H,7-8,10-11H2,1-4H3,(H,19,21)/b18-13+. The predicted molar refractivity (Wildman–Crippen MR) is 98.9 cm³/mol. The molecule has 1 aromatic rings. The molecule has 138 valence electrons. The van der Waals surface area contributed by atoms with E-state index in [0.717, 1.165) is 34.2 Å². The van der Waals surface area contributed by atoms with Gasteiger partial charge in [0.15, 0.2) is 0 Å². The number of amides is 1. The highest BCUT2D eigenvalue weighted by molar-refractivity contribution is 7.91. The average Bonchev–Trinajstić information content (AvgIpc) is 3.19. The maximum atomic E-state index is 12.4. The van der Waals surface area contributed by atoms with Crippen molar-refractivity contribution >= 4 is 33.0 Å². The summed E-state index contributed by atoms with van der Waals surface area (Å²) in [6, 6.07) is 3.21. The van der Waals surface area contributed by atoms with Crippen LogP contribution in [-0.4, -0.2) is 37.9 Å². The predicted octanol–water partition coefficient (Wildman–Crippen LogP) is 2.69. The summed E-state index contributed by atoms with van der Waals surface area (Å²) in [6.45, 7) is 6.52. The molecule has 2 saturated carbocycles. The zero-order valence-electron chi connectivity index (χ0n) is 15.1. The molecule has 2 bridgehead atoms. The number of sulfonamides is 1. The number of likely N-dealkylation sites (N-methyl/N-ethyl adjacent to an activating group) is 1. The maximum Gasteiger partial charge on any atom is 0.255 e. The van der Waals surface area contributed by atoms with Gasteiger partial charge in [0.2, 0.25) is 0 Å². The highest BCUT2D eigenvalue weighted by Gasteiger charge is 2.60. The van der Waals surface area contributed by atoms with E-state index in [-0.39, 0.29) is 21.6 Å². The van der Waals surface area contributed by atoms with Crippen LogP contribution in [0.3, 0.4) is 0 Å². The minimum atomic E-state index is -3.62. The van der Waals surface area contributed by atoms with E-state index in [1.54, 1.807) is 11.4 Å². The summed E-state index contributed by atoms with van der Waals surface area (Å²) in [6.07, 6.45) is 3.21. The molecule has 6 nitrogen and oxygen atoms in total. The quantitative estimate of drug-likeness (QED) is 0.794. The van der Waals surface area contributed by atoms with Crippen LogP contribution in [-0.2, 0) is 14.8 Å². The number of nitrogens with zero attached hydrogens (tertiary/aromatic N) is 2. The molecule has 0 aromatic carbocycles. The van der Waals surface area contributed by atoms with Crippen molar-refractivity contribution in [2.75, 3.05) is 13.6 Å². The molecule has 2 aliphatic rings. The van der Waals surface area contributed by atoms with E-state index in [9.17, 15) is 13.2 Å². The Kier molecular flexibility index (Phi) is 4.58. The van der Waals surface area contributed by atoms with E-state index in [4.69, 9.17) is 0 Å². The first-order chi connectivity index (χ1) is 11.6. The van der Waals surface area contributed by atoms with Crippen molar-refractivity contribution in [3.8, 4) is 0 Å². The van der Waals surface area contributed by atoms with E-state index in [0.29, 0.717) is 5.92 Å². The first kappa shape index (κ1) is 18.5. The molecule has 25 heavy (non-hydrogen) atoms. The second kappa shape index (κ2) is 6.17. The summed E-state index contributed by atoms with van der Waals surface area (Å²) in [4.78, 5) is 12.2. The molecule has 1 heterocycles. The third-order valence-electron chi connectivity index (χ3n) is 6.35. The van der Waals surface area contributed by atoms with Gasteiger partial charge in [0.05, 0.1) is 6.54 Å². The number of hydrazone groups is 1. The minimum absolute atomic E-state index is 0.0138. The fraction of sp³-hybridized carbons (Fsp3) is 0.647. The van der Waals surface area contributed by atoms with Crippen LogP contribution in [0.1, 0.15) is 40.0 Å². The van der Waals surface area contributed by atoms with Crippen LogP contribution >= 0.6 is 11.3 Å². The number of carbonyl (C=O) groups excluding carboxylic acids is 1. The SMILES string of the molecule is CN(CC(=O)N/N=C1\CC2CCC1(C)C2(C)C)S(=O)(=O)c1cccs1. The summed E-state index contributed by atoms with van der Waals surface area (Å²) in [5.41, 5.74) is 3.80. The summed E-state index contributed by atoms with van der Waals surface area (Å²) >= 11 is 1.14. The first-order valence-electron chi connectivity index (χ1n) is 8.45. The Balaban J connectivity index is 1.64. The van der Waals surface area contributed by atoms with Crippen LogP contribution in [0.15, 0.2) is 26.8 Å². The molecule has 2 atom stereocenters. The Morgan fingerprint density at radius 2 is 2.16 bits per heavy atom. The van der Waals surface area contributed by atoms with Crippen molar-refractivity contribution in [2.45, 2.75) is 44.2 Å². The molecule has 3 rings (SSSR count). The molecule has 0 radical (unpaired) electrons. The number of nitrogens with one attached hydrogen (secondary N) is 1. The average molecular weight is 384 g/mol. The number of rotatable bonds is 5. The van der Waals surface area contributed by atoms with Crippen LogP contribution in [0.25, 0.3) is 0 Å². The lowest BCUT2D eigenvalue weighted by molar-refractivity contribution is -0.121. The van der Waals surface area contributed by atoms with Gasteiger partial charge in [-0.3, -0.25) is 4.79 Å². The summed E-state index contributed by atoms with van der Waals surface area (Å²) < 4.78 is 26.0. The van der Waals surface area contributed by atoms with Crippen LogP contribution < -0.4 is 5.43 Å². The van der Waals surface area contributed by atoms with Gasteiger partial charge in [0, 0.05) is 18.2 Å². The van der Waals surface area contributed by atoms with Crippen molar-refractivity contribution in [1.82, 2.24) is 9.73 Å². The lowest BCUT2D eigenvalue weighted by Crippen LogP contribution is -2.38. The van der Waals surface area contributed by atoms with Gasteiger partial charge in [0.1, 0.15) is 4.21 Å². The van der Waals surface area contributed by atoms with E-state index in [1.165, 1.54) is 19.5 Å². The molecular formula is C17H25N3O3S2. The van der Waals surface area contributed by atoms with Gasteiger partial charge in [0.25, 0.3) is 15.9 Å². The molecule has 0 saturated heterocycles. The highest BCUT2D eigenvalue weighted by Crippen LogP contribution is 2.63. The Labute approximate surface area is 153 Å². The molecule has 2 fully saturated rings. The lowest BCUT2D eigenvalue weighted by Gasteiger charge is -2.34. The number of hydrogen-bond donors (Lipinski definition) is 1. The number of fused-ring (bicyclic) bond motifs is 2. The van der Waals surface area contributed by atoms with Gasteiger partial charge in [-0.1, -0.05) is 26.8 Å². The number of thiophene rings is 1. The Bertz CT molecular complexity index is 799. The van der Waals surface area contributed by atoms with Gasteiger partial charge in [-0.05, 0) is 42.0 Å². The number of carbonyl (C=O) groups is 1. The van der Waals surface area contributed by atoms with Crippen LogP contribution in [0.5, 0.6) is 0 Å². The second-order valence-electron chi connectivity index (χ2n) is 7.78. The Morgan fingerprint density at radius 3 is 2.68 bits per heavy atom. The molecule has 2 aliphatic carbocycles. The zero-order valence-corrected chi connectivity index (χ0v) is 16.7. The number of hydrogen-bond acceptors (Lipinski definition) is 5. The third kappa shape index (κ3) is 2.94. The molecule has 2 unspecified atom stereocenters. The summed E-state index contributed by atoms with van der Waals surface area (Å²) in [7, 11) is -2.22. The normalized spacial score (nSPS) is 29.5. The van der Waals surface area contributed by atoms with E-state index in [1.807, 2.05) is 0 Å². The van der Waals surface area contributed by atoms with E-state index in [2.05, 4.69) is 31.3 Å². The van der Waals surface area contributed by atoms with Crippen molar-refractivity contribution in [1.29, 1.82) is 0 Å². The van der Waals surface area contributed by atoms with Crippen molar-refractivity contribution < 1.29 is 13.2 Å². The molecule has 1 amide bonds. The van der Waals surface area contributed by atoms with Gasteiger partial charge in [-0.15, -0.1) is 11.3 Å². The van der Waals surface area contributed by atoms with Crippen LogP contribution in [0, 0.1) is 16.7 Å². The summed E-state index contributed by atoms with van der Waals surface area (Å²) in [5.74, 6) is 0.189. The fourth-order valence-corrected chi connectivity index (χ4v) is 6.44. The smallest absolute Gasteiger partial charge is 0.255 e. The minimum Gasteiger partial charge on any atom is -0.272 e. The molecule has 1 aromatic heterocycles. The van der Waals surface area contributed by atoms with Crippen LogP contribution in [0.4, 0.5) is 0 Å².